The van der Waals surface area contributed by atoms with Gasteiger partial charge in [0.25, 0.3) is 5.91 Å². The number of nitrogens with zero attached hydrogens (tertiary/aromatic N) is 1. The Morgan fingerprint density at radius 1 is 1.03 bits per heavy atom. The molecule has 0 aromatic heterocycles. The van der Waals surface area contributed by atoms with E-state index in [1.807, 2.05) is 44.2 Å². The molecule has 2 unspecified atom stereocenters. The van der Waals surface area contributed by atoms with Gasteiger partial charge in [-0.25, -0.2) is 0 Å². The lowest BCUT2D eigenvalue weighted by molar-refractivity contribution is -0.117. The molecule has 0 saturated heterocycles. The number of fused-ring (bicyclic) bond motifs is 1. The number of methoxy groups -OCH3 is 1. The van der Waals surface area contributed by atoms with E-state index in [0.29, 0.717) is 0 Å². The van der Waals surface area contributed by atoms with Crippen molar-refractivity contribution in [3.05, 3.63) is 76.5 Å². The molecule has 1 aliphatic rings. The molecule has 2 aromatic rings. The van der Waals surface area contributed by atoms with Crippen molar-refractivity contribution in [1.82, 2.24) is 10.6 Å². The van der Waals surface area contributed by atoms with Crippen molar-refractivity contribution in [2.24, 2.45) is 0 Å². The van der Waals surface area contributed by atoms with Crippen LogP contribution in [0, 0.1) is 11.3 Å². The molecule has 1 aliphatic carbocycles. The van der Waals surface area contributed by atoms with Gasteiger partial charge in [-0.05, 0) is 73.9 Å². The molecule has 0 bridgehead atoms. The van der Waals surface area contributed by atoms with Crippen molar-refractivity contribution in [3.8, 4) is 11.8 Å². The number of aryl methyl sites for hydroxylation is 2. The first-order chi connectivity index (χ1) is 14.5. The molecular weight excluding hydrogens is 374 g/mol. The minimum Gasteiger partial charge on any atom is -0.497 e. The molecule has 2 aromatic carbocycles. The van der Waals surface area contributed by atoms with Crippen LogP contribution < -0.4 is 15.4 Å². The zero-order valence-electron chi connectivity index (χ0n) is 17.9. The molecule has 2 atom stereocenters. The van der Waals surface area contributed by atoms with Crippen molar-refractivity contribution in [2.75, 3.05) is 7.11 Å². The quantitative estimate of drug-likeness (QED) is 0.527. The Hall–Kier alpha value is -3.26. The van der Waals surface area contributed by atoms with Crippen molar-refractivity contribution in [2.45, 2.75) is 51.6 Å². The van der Waals surface area contributed by atoms with Crippen LogP contribution in [-0.4, -0.2) is 13.0 Å². The molecule has 3 rings (SSSR count). The number of ether oxygens (including phenoxy) is 1. The molecule has 0 aliphatic heterocycles. The van der Waals surface area contributed by atoms with Gasteiger partial charge in [-0.3, -0.25) is 4.79 Å². The van der Waals surface area contributed by atoms with Gasteiger partial charge in [0.2, 0.25) is 0 Å². The zero-order chi connectivity index (χ0) is 21.5. The number of nitrogens with one attached hydrogen (secondary N) is 2. The Kier molecular flexibility index (Phi) is 7.13. The predicted octanol–water partition coefficient (Wildman–Crippen LogP) is 4.51. The number of carbonyl (C=O) groups excluding carboxylic acids is 1. The van der Waals surface area contributed by atoms with Crippen LogP contribution in [0.1, 0.15) is 61.0 Å². The second-order valence-electron chi connectivity index (χ2n) is 7.76. The minimum atomic E-state index is -0.378. The maximum atomic E-state index is 12.6. The SMILES string of the molecule is COc1ccc(C(C)N/C=C(/C#N)C(=O)NC(C)c2ccc3c(c2)CCCC3)cc1. The van der Waals surface area contributed by atoms with Crippen molar-refractivity contribution in [3.63, 3.8) is 0 Å². The van der Waals surface area contributed by atoms with E-state index in [2.05, 4.69) is 28.8 Å². The summed E-state index contributed by atoms with van der Waals surface area (Å²) >= 11 is 0. The molecular formula is C25H29N3O2. The smallest absolute Gasteiger partial charge is 0.263 e. The minimum absolute atomic E-state index is 0.0508. The van der Waals surface area contributed by atoms with E-state index in [1.165, 1.54) is 30.2 Å². The fourth-order valence-corrected chi connectivity index (χ4v) is 3.73. The van der Waals surface area contributed by atoms with Crippen LogP contribution in [0.3, 0.4) is 0 Å². The van der Waals surface area contributed by atoms with Gasteiger partial charge in [-0.2, -0.15) is 5.26 Å². The average molecular weight is 404 g/mol. The fraction of sp³-hybridized carbons (Fsp3) is 0.360. The summed E-state index contributed by atoms with van der Waals surface area (Å²) in [7, 11) is 1.63. The van der Waals surface area contributed by atoms with Crippen LogP contribution in [0.15, 0.2) is 54.2 Å². The Balaban J connectivity index is 1.62. The Morgan fingerprint density at radius 2 is 1.70 bits per heavy atom. The molecule has 2 N–H and O–H groups in total. The van der Waals surface area contributed by atoms with Crippen molar-refractivity contribution < 1.29 is 9.53 Å². The highest BCUT2D eigenvalue weighted by molar-refractivity contribution is 5.97. The Labute approximate surface area is 178 Å². The summed E-state index contributed by atoms with van der Waals surface area (Å²) in [6, 6.07) is 15.9. The highest BCUT2D eigenvalue weighted by Crippen LogP contribution is 2.25. The van der Waals surface area contributed by atoms with Gasteiger partial charge in [0.05, 0.1) is 13.2 Å². The van der Waals surface area contributed by atoms with Crippen molar-refractivity contribution in [1.29, 1.82) is 5.26 Å². The molecule has 0 fully saturated rings. The summed E-state index contributed by atoms with van der Waals surface area (Å²) < 4.78 is 5.17. The van der Waals surface area contributed by atoms with E-state index in [0.717, 1.165) is 29.7 Å². The summed E-state index contributed by atoms with van der Waals surface area (Å²) in [5.74, 6) is 0.409. The number of benzene rings is 2. The van der Waals surface area contributed by atoms with Gasteiger partial charge in [-0.1, -0.05) is 30.3 Å². The van der Waals surface area contributed by atoms with Gasteiger partial charge in [-0.15, -0.1) is 0 Å². The van der Waals surface area contributed by atoms with Crippen LogP contribution in [0.4, 0.5) is 0 Å². The third-order valence-corrected chi connectivity index (χ3v) is 5.68. The van der Waals surface area contributed by atoms with E-state index in [4.69, 9.17) is 4.74 Å². The molecule has 1 amide bonds. The van der Waals surface area contributed by atoms with Gasteiger partial charge in [0.1, 0.15) is 17.4 Å². The summed E-state index contributed by atoms with van der Waals surface area (Å²) in [6.07, 6.45) is 6.19. The number of hydrogen-bond acceptors (Lipinski definition) is 4. The first-order valence-corrected chi connectivity index (χ1v) is 10.4. The second-order valence-corrected chi connectivity index (χ2v) is 7.76. The van der Waals surface area contributed by atoms with E-state index < -0.39 is 0 Å². The first-order valence-electron chi connectivity index (χ1n) is 10.4. The third-order valence-electron chi connectivity index (χ3n) is 5.68. The topological polar surface area (TPSA) is 74.1 Å². The fourth-order valence-electron chi connectivity index (χ4n) is 3.73. The lowest BCUT2D eigenvalue weighted by atomic mass is 9.89. The molecule has 0 heterocycles. The Bertz CT molecular complexity index is 957. The van der Waals surface area contributed by atoms with Crippen LogP contribution in [0.25, 0.3) is 0 Å². The average Bonchev–Trinajstić information content (AvgIpc) is 2.79. The number of hydrogen-bond donors (Lipinski definition) is 2. The predicted molar refractivity (Wildman–Crippen MR) is 118 cm³/mol. The van der Waals surface area contributed by atoms with Gasteiger partial charge in [0, 0.05) is 12.2 Å². The second kappa shape index (κ2) is 9.98. The maximum Gasteiger partial charge on any atom is 0.263 e. The molecule has 0 radical (unpaired) electrons. The molecule has 156 valence electrons. The molecule has 0 spiro atoms. The van der Waals surface area contributed by atoms with Gasteiger partial charge >= 0.3 is 0 Å². The summed E-state index contributed by atoms with van der Waals surface area (Å²) in [6.45, 7) is 3.92. The highest BCUT2D eigenvalue weighted by atomic mass is 16.5. The third kappa shape index (κ3) is 5.21. The van der Waals surface area contributed by atoms with Crippen LogP contribution in [0.5, 0.6) is 5.75 Å². The van der Waals surface area contributed by atoms with Crippen LogP contribution in [0.2, 0.25) is 0 Å². The lowest BCUT2D eigenvalue weighted by Crippen LogP contribution is -2.29. The normalized spacial score (nSPS) is 15.3. The summed E-state index contributed by atoms with van der Waals surface area (Å²) in [5.41, 5.74) is 4.96. The standard InChI is InChI=1S/C25H29N3O2/c1-17(19-10-12-24(30-3)13-11-19)27-16-23(15-26)25(29)28-18(2)21-9-8-20-6-4-5-7-22(20)14-21/h8-14,16-18,27H,4-7H2,1-3H3,(H,28,29)/b23-16-. The largest absolute Gasteiger partial charge is 0.497 e. The maximum absolute atomic E-state index is 12.6. The first kappa shape index (κ1) is 21.4. The van der Waals surface area contributed by atoms with Crippen molar-refractivity contribution >= 4 is 5.91 Å². The van der Waals surface area contributed by atoms with E-state index in [1.54, 1.807) is 7.11 Å². The molecule has 30 heavy (non-hydrogen) atoms. The monoisotopic (exact) mass is 403 g/mol. The lowest BCUT2D eigenvalue weighted by Gasteiger charge is -2.20. The summed E-state index contributed by atoms with van der Waals surface area (Å²) in [5, 5.41) is 15.5. The van der Waals surface area contributed by atoms with E-state index in [9.17, 15) is 10.1 Å². The number of carbonyl (C=O) groups is 1. The van der Waals surface area contributed by atoms with Crippen LogP contribution >= 0.6 is 0 Å². The number of rotatable bonds is 7. The zero-order valence-corrected chi connectivity index (χ0v) is 17.9. The number of amides is 1. The molecule has 0 saturated carbocycles. The van der Waals surface area contributed by atoms with Crippen LogP contribution in [-0.2, 0) is 17.6 Å². The summed E-state index contributed by atoms with van der Waals surface area (Å²) in [4.78, 5) is 12.6. The molecule has 5 heteroatoms. The number of nitriles is 1. The van der Waals surface area contributed by atoms with E-state index in [-0.39, 0.29) is 23.6 Å². The molecule has 5 nitrogen and oxygen atoms in total. The van der Waals surface area contributed by atoms with E-state index >= 15 is 0 Å². The Morgan fingerprint density at radius 3 is 2.37 bits per heavy atom. The van der Waals surface area contributed by atoms with Gasteiger partial charge < -0.3 is 15.4 Å². The highest BCUT2D eigenvalue weighted by Gasteiger charge is 2.16. The van der Waals surface area contributed by atoms with Gasteiger partial charge in [0.15, 0.2) is 0 Å².